The predicted molar refractivity (Wildman–Crippen MR) is 146 cm³/mol. The fourth-order valence-corrected chi connectivity index (χ4v) is 9.49. The van der Waals surface area contributed by atoms with E-state index in [1.165, 1.54) is 30.5 Å². The first kappa shape index (κ1) is 23.3. The monoisotopic (exact) mass is 568 g/mol. The highest BCUT2D eigenvalue weighted by atomic mass is 79.9. The molecule has 2 aromatic rings. The van der Waals surface area contributed by atoms with Crippen LogP contribution in [0.3, 0.4) is 0 Å². The number of thiophene rings is 1. The van der Waals surface area contributed by atoms with Crippen molar-refractivity contribution in [2.45, 2.75) is 69.1 Å². The molecule has 190 valence electrons. The molecule has 5 aliphatic rings. The zero-order chi connectivity index (χ0) is 24.8. The summed E-state index contributed by atoms with van der Waals surface area (Å²) in [4.78, 5) is 19.1. The molecule has 5 nitrogen and oxygen atoms in total. The van der Waals surface area contributed by atoms with Gasteiger partial charge in [-0.3, -0.25) is 9.69 Å². The smallest absolute Gasteiger partial charge is 0.246 e. The van der Waals surface area contributed by atoms with Gasteiger partial charge < -0.3 is 14.7 Å². The van der Waals surface area contributed by atoms with Crippen LogP contribution in [0.25, 0.3) is 6.08 Å². The van der Waals surface area contributed by atoms with E-state index < -0.39 is 0 Å². The zero-order valence-electron chi connectivity index (χ0n) is 20.9. The van der Waals surface area contributed by atoms with Gasteiger partial charge in [-0.15, -0.1) is 11.3 Å². The van der Waals surface area contributed by atoms with Crippen LogP contribution in [0.4, 0.5) is 0 Å². The average Bonchev–Trinajstić information content (AvgIpc) is 3.46. The van der Waals surface area contributed by atoms with E-state index in [0.29, 0.717) is 11.8 Å². The van der Waals surface area contributed by atoms with Crippen molar-refractivity contribution in [3.63, 3.8) is 0 Å². The van der Waals surface area contributed by atoms with Crippen molar-refractivity contribution in [2.24, 2.45) is 11.3 Å². The normalized spacial score (nSPS) is 34.5. The standard InChI is InChI=1S/C29H33BrN2O3S/c1-28-10-9-21(31(2)24(34)8-6-20-14-19(30)16-36-20)27-29(28)11-12-32(15-17-3-4-17)23(28)13-18-5-7-22(33)26(35-27)25(18)29/h5-8,14,16-17,21,23,27,33H,3-4,9-13,15H2,1-2H3/b8-6+/t21-,23-,27+,28+,29+/m1/s1. The van der Waals surface area contributed by atoms with Gasteiger partial charge in [0, 0.05) is 51.4 Å². The number of likely N-dealkylation sites (N-methyl/N-ethyl adjacent to an activating group) is 1. The van der Waals surface area contributed by atoms with Crippen LogP contribution in [0, 0.1) is 11.3 Å². The molecule has 1 N–H and O–H groups in total. The second kappa shape index (κ2) is 8.08. The van der Waals surface area contributed by atoms with E-state index in [4.69, 9.17) is 4.74 Å². The molecule has 1 amide bonds. The molecule has 0 unspecified atom stereocenters. The number of hydrogen-bond acceptors (Lipinski definition) is 5. The molecule has 1 spiro atoms. The highest BCUT2D eigenvalue weighted by Gasteiger charge is 2.71. The van der Waals surface area contributed by atoms with Gasteiger partial charge in [0.2, 0.25) is 5.91 Å². The lowest BCUT2D eigenvalue weighted by atomic mass is 9.43. The Morgan fingerprint density at radius 2 is 2.17 bits per heavy atom. The Hall–Kier alpha value is -1.83. The lowest BCUT2D eigenvalue weighted by Gasteiger charge is -2.66. The van der Waals surface area contributed by atoms with Crippen LogP contribution in [0.15, 0.2) is 34.1 Å². The first-order valence-electron chi connectivity index (χ1n) is 13.3. The number of carbonyl (C=O) groups is 1. The molecule has 1 aromatic heterocycles. The molecular formula is C29H33BrN2O3S. The maximum Gasteiger partial charge on any atom is 0.246 e. The minimum absolute atomic E-state index is 0.00653. The number of piperidine rings is 1. The van der Waals surface area contributed by atoms with E-state index in [-0.39, 0.29) is 34.6 Å². The van der Waals surface area contributed by atoms with Crippen molar-refractivity contribution in [1.29, 1.82) is 0 Å². The van der Waals surface area contributed by atoms with E-state index in [1.807, 2.05) is 35.5 Å². The SMILES string of the molecule is CN(C(=O)/C=C/c1cc(Br)cs1)[C@@H]1CC[C@@]2(C)[C@H]3Cc4ccc(O)c5c4[C@@]2(CCN3CC2CC2)[C@H]1O5. The van der Waals surface area contributed by atoms with E-state index in [9.17, 15) is 9.90 Å². The van der Waals surface area contributed by atoms with Crippen molar-refractivity contribution in [3.8, 4) is 11.5 Å². The van der Waals surface area contributed by atoms with Crippen LogP contribution in [0.1, 0.15) is 55.0 Å². The second-order valence-electron chi connectivity index (χ2n) is 11.8. The number of nitrogens with zero attached hydrogens (tertiary/aromatic N) is 2. The van der Waals surface area contributed by atoms with E-state index in [1.54, 1.807) is 17.4 Å². The lowest BCUT2D eigenvalue weighted by molar-refractivity contribution is -0.150. The van der Waals surface area contributed by atoms with Gasteiger partial charge in [0.25, 0.3) is 0 Å². The summed E-state index contributed by atoms with van der Waals surface area (Å²) in [6.45, 7) is 4.78. The molecule has 7 heteroatoms. The molecule has 1 aromatic carbocycles. The summed E-state index contributed by atoms with van der Waals surface area (Å²) in [5.74, 6) is 1.80. The van der Waals surface area contributed by atoms with Gasteiger partial charge in [-0.1, -0.05) is 13.0 Å². The van der Waals surface area contributed by atoms with Gasteiger partial charge in [-0.2, -0.15) is 0 Å². The number of hydrogen-bond donors (Lipinski definition) is 1. The Morgan fingerprint density at radius 1 is 1.33 bits per heavy atom. The largest absolute Gasteiger partial charge is 0.504 e. The van der Waals surface area contributed by atoms with Crippen molar-refractivity contribution in [1.82, 2.24) is 9.80 Å². The van der Waals surface area contributed by atoms with Crippen molar-refractivity contribution < 1.29 is 14.6 Å². The highest BCUT2D eigenvalue weighted by Crippen LogP contribution is 2.69. The highest BCUT2D eigenvalue weighted by molar-refractivity contribution is 9.10. The van der Waals surface area contributed by atoms with Gasteiger partial charge >= 0.3 is 0 Å². The number of halogens is 1. The van der Waals surface area contributed by atoms with E-state index >= 15 is 0 Å². The number of likely N-dealkylation sites (tertiary alicyclic amines) is 1. The summed E-state index contributed by atoms with van der Waals surface area (Å²) >= 11 is 5.10. The molecule has 3 aliphatic carbocycles. The summed E-state index contributed by atoms with van der Waals surface area (Å²) in [6, 6.07) is 6.43. The summed E-state index contributed by atoms with van der Waals surface area (Å²) in [7, 11) is 1.93. The maximum atomic E-state index is 13.4. The first-order chi connectivity index (χ1) is 17.3. The minimum atomic E-state index is -0.167. The zero-order valence-corrected chi connectivity index (χ0v) is 23.3. The molecule has 3 heterocycles. The fraction of sp³-hybridized carbons (Fsp3) is 0.552. The number of amides is 1. The van der Waals surface area contributed by atoms with Gasteiger partial charge in [-0.05, 0) is 96.1 Å². The second-order valence-corrected chi connectivity index (χ2v) is 13.7. The molecule has 3 fully saturated rings. The van der Waals surface area contributed by atoms with Crippen LogP contribution in [0.5, 0.6) is 11.5 Å². The summed E-state index contributed by atoms with van der Waals surface area (Å²) < 4.78 is 7.80. The Labute approximate surface area is 225 Å². The molecular weight excluding hydrogens is 536 g/mol. The molecule has 7 rings (SSSR count). The van der Waals surface area contributed by atoms with E-state index in [0.717, 1.165) is 47.5 Å². The third-order valence-electron chi connectivity index (χ3n) is 10.1. The molecule has 2 bridgehead atoms. The third-order valence-corrected chi connectivity index (χ3v) is 11.8. The number of ether oxygens (including phenoxy) is 1. The number of phenolic OH excluding ortho intramolecular Hbond substituents is 1. The topological polar surface area (TPSA) is 53.0 Å². The van der Waals surface area contributed by atoms with Crippen molar-refractivity contribution >= 4 is 39.2 Å². The minimum Gasteiger partial charge on any atom is -0.504 e. The average molecular weight is 570 g/mol. The van der Waals surface area contributed by atoms with E-state index in [2.05, 4.69) is 33.8 Å². The summed E-state index contributed by atoms with van der Waals surface area (Å²) in [5, 5.41) is 12.9. The van der Waals surface area contributed by atoms with Crippen LogP contribution < -0.4 is 4.74 Å². The predicted octanol–water partition coefficient (Wildman–Crippen LogP) is 5.60. The molecule has 36 heavy (non-hydrogen) atoms. The summed E-state index contributed by atoms with van der Waals surface area (Å²) in [5.41, 5.74) is 2.49. The Bertz CT molecular complexity index is 1270. The molecule has 2 aliphatic heterocycles. The Morgan fingerprint density at radius 3 is 2.92 bits per heavy atom. The third kappa shape index (κ3) is 3.18. The van der Waals surface area contributed by atoms with Crippen LogP contribution >= 0.6 is 27.3 Å². The van der Waals surface area contributed by atoms with Crippen molar-refractivity contribution in [3.05, 3.63) is 50.1 Å². The summed E-state index contributed by atoms with van der Waals surface area (Å²) in [6.07, 6.45) is 10.2. The van der Waals surface area contributed by atoms with Gasteiger partial charge in [-0.25, -0.2) is 0 Å². The van der Waals surface area contributed by atoms with Gasteiger partial charge in [0.05, 0.1) is 6.04 Å². The van der Waals surface area contributed by atoms with Gasteiger partial charge in [0.15, 0.2) is 11.5 Å². The number of benzene rings is 1. The lowest BCUT2D eigenvalue weighted by Crippen LogP contribution is -2.73. The van der Waals surface area contributed by atoms with Gasteiger partial charge in [0.1, 0.15) is 6.10 Å². The number of phenols is 1. The maximum absolute atomic E-state index is 13.4. The Balaban J connectivity index is 1.26. The number of rotatable bonds is 5. The first-order valence-corrected chi connectivity index (χ1v) is 14.9. The molecule has 5 atom stereocenters. The van der Waals surface area contributed by atoms with Crippen LogP contribution in [-0.2, 0) is 16.6 Å². The number of carbonyl (C=O) groups excluding carboxylic acids is 1. The molecule has 2 saturated carbocycles. The van der Waals surface area contributed by atoms with Crippen LogP contribution in [0.2, 0.25) is 0 Å². The van der Waals surface area contributed by atoms with Crippen molar-refractivity contribution in [2.75, 3.05) is 20.1 Å². The fourth-order valence-electron chi connectivity index (χ4n) is 8.16. The quantitative estimate of drug-likeness (QED) is 0.477. The number of aromatic hydroxyl groups is 1. The molecule has 1 saturated heterocycles. The Kier molecular flexibility index (Phi) is 5.23. The van der Waals surface area contributed by atoms with Crippen LogP contribution in [-0.4, -0.2) is 59.1 Å². The molecule has 0 radical (unpaired) electrons.